The lowest BCUT2D eigenvalue weighted by Gasteiger charge is -2.22. The number of amides is 1. The van der Waals surface area contributed by atoms with Crippen molar-refractivity contribution in [1.29, 1.82) is 0 Å². The molecule has 0 spiro atoms. The highest BCUT2D eigenvalue weighted by atomic mass is 16.5. The molecule has 0 aliphatic carbocycles. The third-order valence-corrected chi connectivity index (χ3v) is 13.6. The third kappa shape index (κ3) is 50.0. The van der Waals surface area contributed by atoms with Gasteiger partial charge in [-0.2, -0.15) is 0 Å². The predicted octanol–water partition coefficient (Wildman–Crippen LogP) is 17.7. The molecule has 2 unspecified atom stereocenters. The van der Waals surface area contributed by atoms with Crippen LogP contribution in [-0.4, -0.2) is 47.4 Å². The molecule has 0 aromatic heterocycles. The number of hydrogen-bond acceptors (Lipinski definition) is 5. The molecule has 0 fully saturated rings. The van der Waals surface area contributed by atoms with Crippen molar-refractivity contribution >= 4 is 11.9 Å². The molecule has 0 aliphatic rings. The standard InChI is InChI=1S/C58H113NO5/c1-3-5-7-9-11-13-15-17-19-20-21-22-23-24-25-26-28-29-31-34-38-42-46-50-56(61)55(54-60)59-57(62)51-47-43-39-35-33-37-41-45-49-53-64-58(63)52-48-44-40-36-32-30-27-18-16-14-12-10-8-6-4-2/h35,39,55-56,60-61H,3-34,36-38,40-54H2,1-2H3,(H,59,62)/b39-35-. The number of ether oxygens (including phenoxy) is 1. The second-order valence-corrected chi connectivity index (χ2v) is 20.0. The lowest BCUT2D eigenvalue weighted by molar-refractivity contribution is -0.143. The maximum atomic E-state index is 12.5. The maximum absolute atomic E-state index is 12.5. The van der Waals surface area contributed by atoms with Gasteiger partial charge in [-0.1, -0.05) is 276 Å². The Kier molecular flexibility index (Phi) is 53.0. The lowest BCUT2D eigenvalue weighted by atomic mass is 10.0. The smallest absolute Gasteiger partial charge is 0.305 e. The molecule has 6 heteroatoms. The molecule has 0 aromatic carbocycles. The van der Waals surface area contributed by atoms with Crippen molar-refractivity contribution in [3.8, 4) is 0 Å². The molecule has 0 saturated carbocycles. The van der Waals surface area contributed by atoms with E-state index in [0.717, 1.165) is 70.6 Å². The van der Waals surface area contributed by atoms with Crippen LogP contribution in [0.1, 0.15) is 322 Å². The van der Waals surface area contributed by atoms with E-state index in [1.54, 1.807) is 0 Å². The van der Waals surface area contributed by atoms with Crippen molar-refractivity contribution in [1.82, 2.24) is 5.32 Å². The van der Waals surface area contributed by atoms with E-state index in [-0.39, 0.29) is 18.5 Å². The molecule has 380 valence electrons. The molecule has 2 atom stereocenters. The molecule has 0 saturated heterocycles. The molecular weight excluding hydrogens is 791 g/mol. The van der Waals surface area contributed by atoms with Crippen LogP contribution < -0.4 is 5.32 Å². The number of carbonyl (C=O) groups excluding carboxylic acids is 2. The monoisotopic (exact) mass is 904 g/mol. The minimum absolute atomic E-state index is 0.0316. The molecule has 0 aliphatic heterocycles. The van der Waals surface area contributed by atoms with Crippen molar-refractivity contribution < 1.29 is 24.5 Å². The van der Waals surface area contributed by atoms with Gasteiger partial charge < -0.3 is 20.3 Å². The summed E-state index contributed by atoms with van der Waals surface area (Å²) in [4.78, 5) is 24.5. The Hall–Kier alpha value is -1.40. The first kappa shape index (κ1) is 62.6. The molecule has 0 radical (unpaired) electrons. The average Bonchev–Trinajstić information content (AvgIpc) is 3.29. The van der Waals surface area contributed by atoms with Gasteiger partial charge in [0.15, 0.2) is 0 Å². The van der Waals surface area contributed by atoms with Gasteiger partial charge in [0, 0.05) is 12.8 Å². The fourth-order valence-corrected chi connectivity index (χ4v) is 9.12. The second-order valence-electron chi connectivity index (χ2n) is 20.0. The summed E-state index contributed by atoms with van der Waals surface area (Å²) in [7, 11) is 0. The van der Waals surface area contributed by atoms with E-state index in [1.807, 2.05) is 0 Å². The van der Waals surface area contributed by atoms with Crippen molar-refractivity contribution in [3.05, 3.63) is 12.2 Å². The molecule has 0 aromatic rings. The van der Waals surface area contributed by atoms with Gasteiger partial charge >= 0.3 is 5.97 Å². The van der Waals surface area contributed by atoms with Gasteiger partial charge in [-0.05, 0) is 44.9 Å². The van der Waals surface area contributed by atoms with Crippen molar-refractivity contribution in [2.24, 2.45) is 0 Å². The maximum Gasteiger partial charge on any atom is 0.305 e. The number of nitrogens with one attached hydrogen (secondary N) is 1. The van der Waals surface area contributed by atoms with E-state index in [2.05, 4.69) is 31.3 Å². The van der Waals surface area contributed by atoms with Crippen LogP contribution in [0.25, 0.3) is 0 Å². The van der Waals surface area contributed by atoms with Crippen molar-refractivity contribution in [3.63, 3.8) is 0 Å². The van der Waals surface area contributed by atoms with Gasteiger partial charge in [0.05, 0.1) is 25.4 Å². The first-order chi connectivity index (χ1) is 31.5. The topological polar surface area (TPSA) is 95.9 Å². The molecule has 3 N–H and O–H groups in total. The normalized spacial score (nSPS) is 12.6. The Labute approximate surface area is 399 Å². The van der Waals surface area contributed by atoms with Crippen LogP contribution in [0.2, 0.25) is 0 Å². The Morgan fingerprint density at radius 1 is 0.422 bits per heavy atom. The van der Waals surface area contributed by atoms with E-state index < -0.39 is 12.1 Å². The number of aliphatic hydroxyl groups excluding tert-OH is 2. The fourth-order valence-electron chi connectivity index (χ4n) is 9.12. The summed E-state index contributed by atoms with van der Waals surface area (Å²) in [6.45, 7) is 4.89. The Morgan fingerprint density at radius 2 is 0.750 bits per heavy atom. The zero-order valence-corrected chi connectivity index (χ0v) is 43.3. The van der Waals surface area contributed by atoms with E-state index in [9.17, 15) is 19.8 Å². The molecular formula is C58H113NO5. The van der Waals surface area contributed by atoms with Crippen LogP contribution in [0.15, 0.2) is 12.2 Å². The van der Waals surface area contributed by atoms with Gasteiger partial charge in [-0.3, -0.25) is 9.59 Å². The van der Waals surface area contributed by atoms with Crippen molar-refractivity contribution in [2.45, 2.75) is 334 Å². The SMILES string of the molecule is CCCCCCCCCCCCCCCCCCCCCCCCCC(O)C(CO)NC(=O)CCC/C=C\CCCCCCOC(=O)CCCCCCCCCCCCCCCCC. The van der Waals surface area contributed by atoms with Crippen LogP contribution in [0, 0.1) is 0 Å². The van der Waals surface area contributed by atoms with Gasteiger partial charge in [-0.15, -0.1) is 0 Å². The first-order valence-corrected chi connectivity index (χ1v) is 28.9. The fraction of sp³-hybridized carbons (Fsp3) is 0.931. The van der Waals surface area contributed by atoms with E-state index in [0.29, 0.717) is 25.9 Å². The Bertz CT molecular complexity index is 955. The Balaban J connectivity index is 3.50. The van der Waals surface area contributed by atoms with Crippen LogP contribution >= 0.6 is 0 Å². The summed E-state index contributed by atoms with van der Waals surface area (Å²) in [5.41, 5.74) is 0. The number of carbonyl (C=O) groups is 2. The summed E-state index contributed by atoms with van der Waals surface area (Å²) >= 11 is 0. The second kappa shape index (κ2) is 54.2. The molecule has 6 nitrogen and oxygen atoms in total. The van der Waals surface area contributed by atoms with Crippen molar-refractivity contribution in [2.75, 3.05) is 13.2 Å². The summed E-state index contributed by atoms with van der Waals surface area (Å²) in [6, 6.07) is -0.579. The minimum atomic E-state index is -0.695. The van der Waals surface area contributed by atoms with Gasteiger partial charge in [-0.25, -0.2) is 0 Å². The quantitative estimate of drug-likeness (QED) is 0.0321. The largest absolute Gasteiger partial charge is 0.466 e. The summed E-state index contributed by atoms with van der Waals surface area (Å²) in [5, 5.41) is 23.3. The number of aliphatic hydroxyl groups is 2. The van der Waals surface area contributed by atoms with Gasteiger partial charge in [0.25, 0.3) is 0 Å². The number of allylic oxidation sites excluding steroid dienone is 2. The zero-order chi connectivity index (χ0) is 46.5. The van der Waals surface area contributed by atoms with Crippen LogP contribution in [-0.2, 0) is 14.3 Å². The van der Waals surface area contributed by atoms with Crippen LogP contribution in [0.3, 0.4) is 0 Å². The van der Waals surface area contributed by atoms with Crippen LogP contribution in [0.4, 0.5) is 0 Å². The number of esters is 1. The molecule has 1 amide bonds. The number of unbranched alkanes of at least 4 members (excludes halogenated alkanes) is 41. The third-order valence-electron chi connectivity index (χ3n) is 13.6. The summed E-state index contributed by atoms with van der Waals surface area (Å²) < 4.78 is 5.45. The summed E-state index contributed by atoms with van der Waals surface area (Å²) in [6.07, 6.45) is 63.5. The highest BCUT2D eigenvalue weighted by Crippen LogP contribution is 2.18. The molecule has 0 heterocycles. The molecule has 0 rings (SSSR count). The van der Waals surface area contributed by atoms with Gasteiger partial charge in [0.2, 0.25) is 5.91 Å². The highest BCUT2D eigenvalue weighted by Gasteiger charge is 2.20. The molecule has 64 heavy (non-hydrogen) atoms. The Morgan fingerprint density at radius 3 is 1.14 bits per heavy atom. The predicted molar refractivity (Wildman–Crippen MR) is 278 cm³/mol. The number of rotatable bonds is 54. The minimum Gasteiger partial charge on any atom is -0.466 e. The van der Waals surface area contributed by atoms with Crippen LogP contribution in [0.5, 0.6) is 0 Å². The highest BCUT2D eigenvalue weighted by molar-refractivity contribution is 5.76. The van der Waals surface area contributed by atoms with E-state index >= 15 is 0 Å². The zero-order valence-electron chi connectivity index (χ0n) is 43.3. The average molecular weight is 905 g/mol. The van der Waals surface area contributed by atoms with E-state index in [1.165, 1.54) is 218 Å². The first-order valence-electron chi connectivity index (χ1n) is 28.9. The lowest BCUT2D eigenvalue weighted by Crippen LogP contribution is -2.45. The van der Waals surface area contributed by atoms with E-state index in [4.69, 9.17) is 4.74 Å². The number of hydrogen-bond donors (Lipinski definition) is 3. The van der Waals surface area contributed by atoms with Gasteiger partial charge in [0.1, 0.15) is 0 Å². The summed E-state index contributed by atoms with van der Waals surface area (Å²) in [5.74, 6) is -0.123. The molecule has 0 bridgehead atoms.